The predicted molar refractivity (Wildman–Crippen MR) is 73.1 cm³/mol. The Labute approximate surface area is 120 Å². The molecule has 0 aliphatic carbocycles. The molecule has 2 rings (SSSR count). The third-order valence-corrected chi connectivity index (χ3v) is 3.58. The first-order valence-electron chi connectivity index (χ1n) is 7.09. The van der Waals surface area contributed by atoms with Crippen molar-refractivity contribution in [3.63, 3.8) is 0 Å². The zero-order chi connectivity index (χ0) is 14.8. The van der Waals surface area contributed by atoms with Crippen LogP contribution in [0.3, 0.4) is 0 Å². The van der Waals surface area contributed by atoms with Crippen LogP contribution in [0.2, 0.25) is 0 Å². The van der Waals surface area contributed by atoms with Crippen molar-refractivity contribution >= 4 is 6.09 Å². The summed E-state index contributed by atoms with van der Waals surface area (Å²) in [5, 5.41) is 8.86. The van der Waals surface area contributed by atoms with Gasteiger partial charge in [0.1, 0.15) is 5.60 Å². The van der Waals surface area contributed by atoms with E-state index in [0.29, 0.717) is 38.8 Å². The van der Waals surface area contributed by atoms with Crippen LogP contribution in [0.25, 0.3) is 0 Å². The molecule has 1 amide bonds. The smallest absolute Gasteiger partial charge is 0.410 e. The second kappa shape index (κ2) is 5.98. The molecule has 0 bridgehead atoms. The third-order valence-electron chi connectivity index (χ3n) is 3.58. The summed E-state index contributed by atoms with van der Waals surface area (Å²) in [5.41, 5.74) is -0.454. The van der Waals surface area contributed by atoms with Crippen molar-refractivity contribution in [1.82, 2.24) is 9.80 Å². The molecule has 6 nitrogen and oxygen atoms in total. The van der Waals surface area contributed by atoms with Crippen LogP contribution in [0.4, 0.5) is 4.79 Å². The van der Waals surface area contributed by atoms with E-state index in [-0.39, 0.29) is 12.1 Å². The molecular weight excluding hydrogens is 258 g/mol. The van der Waals surface area contributed by atoms with Gasteiger partial charge in [0.15, 0.2) is 0 Å². The van der Waals surface area contributed by atoms with E-state index in [1.54, 1.807) is 4.90 Å². The average Bonchev–Trinajstić information content (AvgIpc) is 2.27. The van der Waals surface area contributed by atoms with Gasteiger partial charge in [-0.2, -0.15) is 5.26 Å². The van der Waals surface area contributed by atoms with Crippen LogP contribution in [0, 0.1) is 11.3 Å². The van der Waals surface area contributed by atoms with Gasteiger partial charge >= 0.3 is 6.09 Å². The van der Waals surface area contributed by atoms with Crippen LogP contribution in [0.15, 0.2) is 0 Å². The summed E-state index contributed by atoms with van der Waals surface area (Å²) in [6.45, 7) is 9.10. The van der Waals surface area contributed by atoms with Crippen LogP contribution < -0.4 is 0 Å². The Kier molecular flexibility index (Phi) is 4.51. The van der Waals surface area contributed by atoms with Gasteiger partial charge in [-0.25, -0.2) is 4.79 Å². The van der Waals surface area contributed by atoms with E-state index >= 15 is 0 Å². The summed E-state index contributed by atoms with van der Waals surface area (Å²) in [6, 6.07) is 2.68. The minimum Gasteiger partial charge on any atom is -0.444 e. The summed E-state index contributed by atoms with van der Waals surface area (Å²) in [4.78, 5) is 15.9. The maximum atomic E-state index is 11.9. The van der Waals surface area contributed by atoms with Crippen molar-refractivity contribution in [2.45, 2.75) is 44.9 Å². The lowest BCUT2D eigenvalue weighted by molar-refractivity contribution is -0.0701. The molecule has 0 N–H and O–H groups in total. The highest BCUT2D eigenvalue weighted by Gasteiger charge is 2.40. The SMILES string of the molecule is CC(C)(C)OC(=O)N1CC(N2CCOCC2CC#N)C1. The Morgan fingerprint density at radius 3 is 2.75 bits per heavy atom. The molecule has 0 radical (unpaired) electrons. The lowest BCUT2D eigenvalue weighted by atomic mass is 10.0. The van der Waals surface area contributed by atoms with Gasteiger partial charge in [0, 0.05) is 31.7 Å². The van der Waals surface area contributed by atoms with Crippen molar-refractivity contribution < 1.29 is 14.3 Å². The summed E-state index contributed by atoms with van der Waals surface area (Å²) in [7, 11) is 0. The van der Waals surface area contributed by atoms with Crippen molar-refractivity contribution in [1.29, 1.82) is 5.26 Å². The maximum absolute atomic E-state index is 11.9. The number of rotatable bonds is 2. The van der Waals surface area contributed by atoms with Gasteiger partial charge < -0.3 is 14.4 Å². The van der Waals surface area contributed by atoms with Crippen molar-refractivity contribution in [2.75, 3.05) is 32.8 Å². The van der Waals surface area contributed by atoms with Gasteiger partial charge in [-0.15, -0.1) is 0 Å². The van der Waals surface area contributed by atoms with Crippen LogP contribution in [0.5, 0.6) is 0 Å². The molecule has 0 spiro atoms. The van der Waals surface area contributed by atoms with Gasteiger partial charge in [0.2, 0.25) is 0 Å². The first-order chi connectivity index (χ1) is 9.40. The number of amides is 1. The molecule has 2 aliphatic heterocycles. The number of nitriles is 1. The van der Waals surface area contributed by atoms with Gasteiger partial charge in [0.25, 0.3) is 0 Å². The summed E-state index contributed by atoms with van der Waals surface area (Å²) < 4.78 is 10.8. The minimum absolute atomic E-state index is 0.152. The zero-order valence-corrected chi connectivity index (χ0v) is 12.5. The van der Waals surface area contributed by atoms with E-state index in [0.717, 1.165) is 6.54 Å². The minimum atomic E-state index is -0.454. The highest BCUT2D eigenvalue weighted by molar-refractivity contribution is 5.69. The van der Waals surface area contributed by atoms with Gasteiger partial charge in [-0.05, 0) is 20.8 Å². The lowest BCUT2D eigenvalue weighted by Crippen LogP contribution is -2.65. The second-order valence-corrected chi connectivity index (χ2v) is 6.37. The van der Waals surface area contributed by atoms with E-state index in [9.17, 15) is 4.79 Å². The number of carbonyl (C=O) groups is 1. The summed E-state index contributed by atoms with van der Waals surface area (Å²) >= 11 is 0. The standard InChI is InChI=1S/C14H23N3O3/c1-14(2,3)20-13(18)16-8-12(9-16)17-6-7-19-10-11(17)4-5-15/h11-12H,4,6-10H2,1-3H3. The fourth-order valence-corrected chi connectivity index (χ4v) is 2.57. The topological polar surface area (TPSA) is 65.8 Å². The highest BCUT2D eigenvalue weighted by atomic mass is 16.6. The van der Waals surface area contributed by atoms with Gasteiger partial charge in [-0.1, -0.05) is 0 Å². The monoisotopic (exact) mass is 281 g/mol. The molecule has 2 aliphatic rings. The number of likely N-dealkylation sites (tertiary alicyclic amines) is 1. The Morgan fingerprint density at radius 2 is 2.15 bits per heavy atom. The number of nitrogens with zero attached hydrogens (tertiary/aromatic N) is 3. The number of carbonyl (C=O) groups excluding carboxylic acids is 1. The Balaban J connectivity index is 1.83. The molecule has 0 saturated carbocycles. The van der Waals surface area contributed by atoms with Crippen molar-refractivity contribution in [3.05, 3.63) is 0 Å². The molecule has 112 valence electrons. The lowest BCUT2D eigenvalue weighted by Gasteiger charge is -2.49. The molecular formula is C14H23N3O3. The average molecular weight is 281 g/mol. The third kappa shape index (κ3) is 3.62. The zero-order valence-electron chi connectivity index (χ0n) is 12.5. The molecule has 2 saturated heterocycles. The Morgan fingerprint density at radius 1 is 1.45 bits per heavy atom. The number of ether oxygens (including phenoxy) is 2. The highest BCUT2D eigenvalue weighted by Crippen LogP contribution is 2.23. The molecule has 0 aromatic heterocycles. The van der Waals surface area contributed by atoms with E-state index in [2.05, 4.69) is 11.0 Å². The Hall–Kier alpha value is -1.32. The normalized spacial score (nSPS) is 24.9. The van der Waals surface area contributed by atoms with Gasteiger partial charge in [-0.3, -0.25) is 4.90 Å². The molecule has 6 heteroatoms. The largest absolute Gasteiger partial charge is 0.444 e. The Bertz CT molecular complexity index is 393. The number of hydrogen-bond acceptors (Lipinski definition) is 5. The van der Waals surface area contributed by atoms with Crippen LogP contribution >= 0.6 is 0 Å². The van der Waals surface area contributed by atoms with Gasteiger partial charge in [0.05, 0.1) is 25.7 Å². The number of hydrogen-bond donors (Lipinski definition) is 0. The maximum Gasteiger partial charge on any atom is 0.410 e. The number of morpholine rings is 1. The van der Waals surface area contributed by atoms with E-state index in [4.69, 9.17) is 14.7 Å². The molecule has 0 aromatic carbocycles. The van der Waals surface area contributed by atoms with Crippen LogP contribution in [0.1, 0.15) is 27.2 Å². The van der Waals surface area contributed by atoms with Crippen LogP contribution in [-0.2, 0) is 9.47 Å². The quantitative estimate of drug-likeness (QED) is 0.761. The van der Waals surface area contributed by atoms with Crippen molar-refractivity contribution in [3.8, 4) is 6.07 Å². The molecule has 1 atom stereocenters. The van der Waals surface area contributed by atoms with E-state index in [1.165, 1.54) is 0 Å². The van der Waals surface area contributed by atoms with E-state index in [1.807, 2.05) is 20.8 Å². The predicted octanol–water partition coefficient (Wildman–Crippen LogP) is 1.22. The van der Waals surface area contributed by atoms with E-state index < -0.39 is 5.60 Å². The second-order valence-electron chi connectivity index (χ2n) is 6.37. The fraction of sp³-hybridized carbons (Fsp3) is 0.857. The molecule has 2 fully saturated rings. The fourth-order valence-electron chi connectivity index (χ4n) is 2.57. The first kappa shape index (κ1) is 15.1. The molecule has 1 unspecified atom stereocenters. The molecule has 20 heavy (non-hydrogen) atoms. The molecule has 0 aromatic rings. The summed E-state index contributed by atoms with van der Waals surface area (Å²) in [6.07, 6.45) is 0.224. The summed E-state index contributed by atoms with van der Waals surface area (Å²) in [5.74, 6) is 0. The first-order valence-corrected chi connectivity index (χ1v) is 7.09. The van der Waals surface area contributed by atoms with Crippen molar-refractivity contribution in [2.24, 2.45) is 0 Å². The molecule has 2 heterocycles. The van der Waals surface area contributed by atoms with Crippen LogP contribution in [-0.4, -0.2) is 66.4 Å².